The number of hydrogen-bond donors (Lipinski definition) is 2. The number of pyridine rings is 1. The van der Waals surface area contributed by atoms with Crippen LogP contribution in [-0.4, -0.2) is 52.0 Å². The van der Waals surface area contributed by atoms with E-state index in [1.807, 2.05) is 48.8 Å². The normalized spacial score (nSPS) is 16.3. The molecule has 1 aliphatic heterocycles. The summed E-state index contributed by atoms with van der Waals surface area (Å²) in [6.45, 7) is 2.13. The van der Waals surface area contributed by atoms with Crippen LogP contribution in [0, 0.1) is 5.92 Å². The van der Waals surface area contributed by atoms with Crippen LogP contribution in [0.3, 0.4) is 0 Å². The van der Waals surface area contributed by atoms with Crippen molar-refractivity contribution in [2.45, 2.75) is 19.3 Å². The van der Waals surface area contributed by atoms with E-state index in [0.29, 0.717) is 18.7 Å². The van der Waals surface area contributed by atoms with Gasteiger partial charge in [0.1, 0.15) is 5.75 Å². The molecule has 5 aromatic rings. The highest BCUT2D eigenvalue weighted by atomic mass is 16.5. The molecule has 0 bridgehead atoms. The van der Waals surface area contributed by atoms with E-state index in [4.69, 9.17) is 9.72 Å². The van der Waals surface area contributed by atoms with Gasteiger partial charge in [-0.05, 0) is 67.3 Å². The van der Waals surface area contributed by atoms with Gasteiger partial charge in [-0.25, -0.2) is 9.97 Å². The molecule has 1 unspecified atom stereocenters. The van der Waals surface area contributed by atoms with Gasteiger partial charge in [0.05, 0.1) is 24.1 Å². The van der Waals surface area contributed by atoms with Crippen molar-refractivity contribution in [3.05, 3.63) is 66.6 Å². The Morgan fingerprint density at radius 1 is 1.23 bits per heavy atom. The summed E-state index contributed by atoms with van der Waals surface area (Å²) in [6.07, 6.45) is 8.42. The molecule has 0 aliphatic carbocycles. The molecule has 5 heterocycles. The summed E-state index contributed by atoms with van der Waals surface area (Å²) in [5.41, 5.74) is 4.99. The molecule has 178 valence electrons. The number of H-pyrrole nitrogens is 1. The zero-order chi connectivity index (χ0) is 23.8. The number of nitrogens with zero attached hydrogens (tertiary/aromatic N) is 4. The van der Waals surface area contributed by atoms with Gasteiger partial charge in [0.25, 0.3) is 0 Å². The van der Waals surface area contributed by atoms with E-state index >= 15 is 0 Å². The molecule has 0 spiro atoms. The lowest BCUT2D eigenvalue weighted by Gasteiger charge is -2.33. The third kappa shape index (κ3) is 3.95. The van der Waals surface area contributed by atoms with Crippen molar-refractivity contribution >= 4 is 39.3 Å². The van der Waals surface area contributed by atoms with Crippen LogP contribution in [0.2, 0.25) is 0 Å². The number of aromatic nitrogens is 4. The van der Waals surface area contributed by atoms with E-state index in [9.17, 15) is 4.79 Å². The monoisotopic (exact) mass is 468 g/mol. The predicted octanol–water partition coefficient (Wildman–Crippen LogP) is 3.95. The van der Waals surface area contributed by atoms with Crippen molar-refractivity contribution < 1.29 is 9.53 Å². The molecule has 1 amide bonds. The van der Waals surface area contributed by atoms with Gasteiger partial charge in [0, 0.05) is 49.1 Å². The largest absolute Gasteiger partial charge is 0.497 e. The van der Waals surface area contributed by atoms with Gasteiger partial charge in [-0.15, -0.1) is 0 Å². The number of amides is 1. The van der Waals surface area contributed by atoms with E-state index < -0.39 is 0 Å². The number of carbonyl (C=O) groups is 1. The summed E-state index contributed by atoms with van der Waals surface area (Å²) in [5, 5.41) is 4.30. The Morgan fingerprint density at radius 2 is 2.14 bits per heavy atom. The number of ether oxygens (including phenoxy) is 1. The summed E-state index contributed by atoms with van der Waals surface area (Å²) in [4.78, 5) is 28.0. The fourth-order valence-corrected chi connectivity index (χ4v) is 5.17. The van der Waals surface area contributed by atoms with Crippen LogP contribution < -0.4 is 15.0 Å². The topological polar surface area (TPSA) is 87.5 Å². The third-order valence-corrected chi connectivity index (χ3v) is 6.98. The Bertz CT molecular complexity index is 1520. The summed E-state index contributed by atoms with van der Waals surface area (Å²) in [5.74, 6) is 1.77. The van der Waals surface area contributed by atoms with Crippen molar-refractivity contribution in [3.63, 3.8) is 0 Å². The van der Waals surface area contributed by atoms with Crippen LogP contribution >= 0.6 is 0 Å². The number of fused-ring (bicyclic) bond motifs is 4. The molecule has 6 rings (SSSR count). The minimum Gasteiger partial charge on any atom is -0.497 e. The van der Waals surface area contributed by atoms with Gasteiger partial charge in [-0.1, -0.05) is 0 Å². The first kappa shape index (κ1) is 21.5. The number of anilines is 1. The van der Waals surface area contributed by atoms with Crippen LogP contribution in [0.1, 0.15) is 18.4 Å². The molecule has 1 aliphatic rings. The highest BCUT2D eigenvalue weighted by Gasteiger charge is 2.28. The Labute approximate surface area is 202 Å². The number of hydrogen-bond acceptors (Lipinski definition) is 5. The average Bonchev–Trinajstić information content (AvgIpc) is 3.56. The highest BCUT2D eigenvalue weighted by molar-refractivity contribution is 5.85. The highest BCUT2D eigenvalue weighted by Crippen LogP contribution is 2.29. The number of methoxy groups -OCH3 is 1. The minimum atomic E-state index is -0.0666. The predicted molar refractivity (Wildman–Crippen MR) is 137 cm³/mol. The van der Waals surface area contributed by atoms with Crippen molar-refractivity contribution in [2.24, 2.45) is 5.92 Å². The zero-order valence-corrected chi connectivity index (χ0v) is 19.7. The number of carbonyl (C=O) groups excluding carboxylic acids is 1. The fraction of sp³-hybridized carbons (Fsp3) is 0.296. The molecule has 4 aromatic heterocycles. The van der Waals surface area contributed by atoms with Gasteiger partial charge < -0.3 is 24.3 Å². The SMILES string of the molecule is COc1ccc2[nH]cc(CCNC(=O)C3CCCN(c4nc5ncccc5n5cccc45)C3)c2c1. The van der Waals surface area contributed by atoms with Gasteiger partial charge in [-0.2, -0.15) is 0 Å². The molecule has 0 saturated carbocycles. The molecule has 35 heavy (non-hydrogen) atoms. The molecule has 8 nitrogen and oxygen atoms in total. The molecule has 2 N–H and O–H groups in total. The molecule has 1 saturated heterocycles. The lowest BCUT2D eigenvalue weighted by molar-refractivity contribution is -0.125. The molecule has 0 radical (unpaired) electrons. The molecule has 8 heteroatoms. The maximum Gasteiger partial charge on any atom is 0.224 e. The molecule has 1 atom stereocenters. The van der Waals surface area contributed by atoms with E-state index in [1.54, 1.807) is 13.3 Å². The lowest BCUT2D eigenvalue weighted by Crippen LogP contribution is -2.44. The second-order valence-electron chi connectivity index (χ2n) is 9.10. The van der Waals surface area contributed by atoms with E-state index in [1.165, 1.54) is 5.56 Å². The van der Waals surface area contributed by atoms with Crippen LogP contribution in [0.4, 0.5) is 5.82 Å². The molecular formula is C27H28N6O2. The Morgan fingerprint density at radius 3 is 3.06 bits per heavy atom. The Hall–Kier alpha value is -4.07. The van der Waals surface area contributed by atoms with Gasteiger partial charge in [-0.3, -0.25) is 4.79 Å². The number of rotatable bonds is 6. The maximum absolute atomic E-state index is 13.1. The van der Waals surface area contributed by atoms with Gasteiger partial charge >= 0.3 is 0 Å². The van der Waals surface area contributed by atoms with Crippen molar-refractivity contribution in [1.82, 2.24) is 24.7 Å². The van der Waals surface area contributed by atoms with Crippen LogP contribution in [0.15, 0.2) is 61.1 Å². The quantitative estimate of drug-likeness (QED) is 0.394. The van der Waals surface area contributed by atoms with Crippen LogP contribution in [-0.2, 0) is 11.2 Å². The number of benzene rings is 1. The van der Waals surface area contributed by atoms with E-state index in [0.717, 1.165) is 59.3 Å². The fourth-order valence-electron chi connectivity index (χ4n) is 5.17. The smallest absolute Gasteiger partial charge is 0.224 e. The van der Waals surface area contributed by atoms with E-state index in [-0.39, 0.29) is 11.8 Å². The average molecular weight is 469 g/mol. The number of piperidine rings is 1. The molecular weight excluding hydrogens is 440 g/mol. The summed E-state index contributed by atoms with van der Waals surface area (Å²) < 4.78 is 7.49. The number of nitrogens with one attached hydrogen (secondary N) is 2. The molecule has 1 fully saturated rings. The first-order chi connectivity index (χ1) is 17.2. The standard InChI is InChI=1S/C27H28N6O2/c1-35-20-8-9-22-21(15-20)18(16-30-22)10-12-29-27(34)19-5-3-13-32(17-19)26-24-7-4-14-33(24)23-6-2-11-28-25(23)31-26/h2,4,6-9,11,14-16,19,30H,3,5,10,12-13,17H2,1H3,(H,29,34). The first-order valence-electron chi connectivity index (χ1n) is 12.1. The Kier molecular flexibility index (Phi) is 5.48. The minimum absolute atomic E-state index is 0.0666. The van der Waals surface area contributed by atoms with Crippen molar-refractivity contribution in [3.8, 4) is 5.75 Å². The van der Waals surface area contributed by atoms with Gasteiger partial charge in [0.2, 0.25) is 5.91 Å². The Balaban J connectivity index is 1.15. The lowest BCUT2D eigenvalue weighted by atomic mass is 9.97. The van der Waals surface area contributed by atoms with Crippen LogP contribution in [0.25, 0.3) is 27.6 Å². The summed E-state index contributed by atoms with van der Waals surface area (Å²) in [7, 11) is 1.67. The summed E-state index contributed by atoms with van der Waals surface area (Å²) in [6, 6.07) is 14.1. The summed E-state index contributed by atoms with van der Waals surface area (Å²) >= 11 is 0. The zero-order valence-electron chi connectivity index (χ0n) is 19.7. The van der Waals surface area contributed by atoms with Gasteiger partial charge in [0.15, 0.2) is 11.5 Å². The second kappa shape index (κ2) is 8.94. The third-order valence-electron chi connectivity index (χ3n) is 6.98. The molecule has 1 aromatic carbocycles. The first-order valence-corrected chi connectivity index (χ1v) is 12.1. The van der Waals surface area contributed by atoms with Crippen molar-refractivity contribution in [2.75, 3.05) is 31.6 Å². The van der Waals surface area contributed by atoms with Crippen LogP contribution in [0.5, 0.6) is 5.75 Å². The van der Waals surface area contributed by atoms with E-state index in [2.05, 4.69) is 30.7 Å². The second-order valence-corrected chi connectivity index (χ2v) is 9.10. The van der Waals surface area contributed by atoms with Crippen molar-refractivity contribution in [1.29, 1.82) is 0 Å². The number of aromatic amines is 1. The maximum atomic E-state index is 13.1.